The number of hydrogen-bond donors (Lipinski definition) is 2. The highest BCUT2D eigenvalue weighted by Gasteiger charge is 2.11. The second-order valence-electron chi connectivity index (χ2n) is 1.90. The first-order valence-corrected chi connectivity index (χ1v) is 4.58. The quantitative estimate of drug-likeness (QED) is 0.575. The summed E-state index contributed by atoms with van der Waals surface area (Å²) in [6.45, 7) is 0. The lowest BCUT2D eigenvalue weighted by Gasteiger charge is -1.94. The number of aliphatic hydroxyl groups excluding tert-OH is 1. The van der Waals surface area contributed by atoms with Gasteiger partial charge in [0.25, 0.3) is 0 Å². The Labute approximate surface area is 63.8 Å². The SMILES string of the molecule is O=C(O)CCC(=O)[PH](=O)CO. The molecule has 0 saturated heterocycles. The summed E-state index contributed by atoms with van der Waals surface area (Å²) in [5, 5.41) is 16.3. The van der Waals surface area contributed by atoms with Gasteiger partial charge in [0.05, 0.1) is 6.42 Å². The van der Waals surface area contributed by atoms with Gasteiger partial charge in [-0.15, -0.1) is 0 Å². The molecule has 5 nitrogen and oxygen atoms in total. The number of rotatable bonds is 5. The van der Waals surface area contributed by atoms with Crippen molar-refractivity contribution in [3.63, 3.8) is 0 Å². The molecule has 0 aromatic rings. The van der Waals surface area contributed by atoms with E-state index in [2.05, 4.69) is 0 Å². The summed E-state index contributed by atoms with van der Waals surface area (Å²) in [7, 11) is -2.60. The summed E-state index contributed by atoms with van der Waals surface area (Å²) in [6, 6.07) is 0. The summed E-state index contributed by atoms with van der Waals surface area (Å²) in [4.78, 5) is 20.5. The molecule has 0 heterocycles. The summed E-state index contributed by atoms with van der Waals surface area (Å²) >= 11 is 0. The molecule has 0 spiro atoms. The monoisotopic (exact) mass is 180 g/mol. The Morgan fingerprint density at radius 2 is 1.82 bits per heavy atom. The van der Waals surface area contributed by atoms with Crippen LogP contribution < -0.4 is 0 Å². The zero-order valence-corrected chi connectivity index (χ0v) is 6.74. The molecule has 0 aliphatic rings. The van der Waals surface area contributed by atoms with Crippen LogP contribution in [0.2, 0.25) is 0 Å². The molecule has 1 atom stereocenters. The van der Waals surface area contributed by atoms with Crippen molar-refractivity contribution in [1.82, 2.24) is 0 Å². The van der Waals surface area contributed by atoms with E-state index in [0.717, 1.165) is 0 Å². The Morgan fingerprint density at radius 1 is 1.27 bits per heavy atom. The van der Waals surface area contributed by atoms with Gasteiger partial charge in [0, 0.05) is 6.42 Å². The van der Waals surface area contributed by atoms with E-state index in [1.807, 2.05) is 0 Å². The standard InChI is InChI=1S/C5H9O5P/c6-3-11(10)5(9)2-1-4(7)8/h6,11H,1-3H2,(H,7,8). The lowest BCUT2D eigenvalue weighted by Crippen LogP contribution is -2.00. The first-order chi connectivity index (χ1) is 5.07. The predicted octanol–water partition coefficient (Wildman–Crippen LogP) is -0.113. The van der Waals surface area contributed by atoms with Crippen LogP contribution in [0, 0.1) is 0 Å². The first kappa shape index (κ1) is 10.3. The molecule has 0 aliphatic carbocycles. The number of hydrogen-bond acceptors (Lipinski definition) is 4. The molecule has 2 N–H and O–H groups in total. The molecule has 0 rings (SSSR count). The van der Waals surface area contributed by atoms with Crippen LogP contribution in [0.4, 0.5) is 0 Å². The third-order valence-corrected chi connectivity index (χ3v) is 2.18. The topological polar surface area (TPSA) is 91.7 Å². The predicted molar refractivity (Wildman–Crippen MR) is 38.0 cm³/mol. The average molecular weight is 180 g/mol. The summed E-state index contributed by atoms with van der Waals surface area (Å²) in [6.07, 6.45) is -1.24. The molecule has 0 fully saturated rings. The molecule has 0 aromatic heterocycles. The highest BCUT2D eigenvalue weighted by molar-refractivity contribution is 7.63. The minimum atomic E-state index is -2.60. The molecular weight excluding hydrogens is 171 g/mol. The molecular formula is C5H9O5P. The molecule has 0 aliphatic heterocycles. The van der Waals surface area contributed by atoms with Crippen LogP contribution in [0.3, 0.4) is 0 Å². The Bertz CT molecular complexity index is 187. The van der Waals surface area contributed by atoms with E-state index in [4.69, 9.17) is 10.2 Å². The van der Waals surface area contributed by atoms with Crippen LogP contribution in [-0.4, -0.2) is 28.1 Å². The minimum Gasteiger partial charge on any atom is -0.481 e. The van der Waals surface area contributed by atoms with E-state index < -0.39 is 25.6 Å². The lowest BCUT2D eigenvalue weighted by atomic mass is 10.3. The Balaban J connectivity index is 3.70. The van der Waals surface area contributed by atoms with Gasteiger partial charge >= 0.3 is 5.97 Å². The van der Waals surface area contributed by atoms with Gasteiger partial charge in [-0.05, 0) is 0 Å². The van der Waals surface area contributed by atoms with E-state index in [-0.39, 0.29) is 12.8 Å². The van der Waals surface area contributed by atoms with E-state index in [1.165, 1.54) is 0 Å². The molecule has 0 saturated carbocycles. The third-order valence-electron chi connectivity index (χ3n) is 1.02. The van der Waals surface area contributed by atoms with Gasteiger partial charge in [-0.2, -0.15) is 0 Å². The van der Waals surface area contributed by atoms with Gasteiger partial charge in [0.1, 0.15) is 6.35 Å². The van der Waals surface area contributed by atoms with Gasteiger partial charge < -0.3 is 14.8 Å². The molecule has 0 amide bonds. The number of aliphatic hydroxyl groups is 1. The van der Waals surface area contributed by atoms with Crippen molar-refractivity contribution < 1.29 is 24.4 Å². The van der Waals surface area contributed by atoms with E-state index >= 15 is 0 Å². The minimum absolute atomic E-state index is 0.256. The second kappa shape index (κ2) is 5.04. The van der Waals surface area contributed by atoms with Gasteiger partial charge in [-0.25, -0.2) is 0 Å². The molecule has 1 unspecified atom stereocenters. The normalized spacial score (nSPS) is 12.5. The number of carbonyl (C=O) groups is 2. The third kappa shape index (κ3) is 4.70. The van der Waals surface area contributed by atoms with E-state index in [0.29, 0.717) is 0 Å². The Hall–Kier alpha value is -0.670. The molecule has 0 bridgehead atoms. The number of carbonyl (C=O) groups excluding carboxylic acids is 1. The fourth-order valence-electron chi connectivity index (χ4n) is 0.448. The zero-order valence-electron chi connectivity index (χ0n) is 5.74. The van der Waals surface area contributed by atoms with Crippen LogP contribution in [0.1, 0.15) is 12.8 Å². The maximum Gasteiger partial charge on any atom is 0.303 e. The van der Waals surface area contributed by atoms with Crippen molar-refractivity contribution in [2.75, 3.05) is 6.35 Å². The van der Waals surface area contributed by atoms with Crippen molar-refractivity contribution >= 4 is 19.3 Å². The maximum atomic E-state index is 10.6. The molecule has 11 heavy (non-hydrogen) atoms. The van der Waals surface area contributed by atoms with Crippen LogP contribution in [0.25, 0.3) is 0 Å². The van der Waals surface area contributed by atoms with E-state index in [1.54, 1.807) is 0 Å². The van der Waals surface area contributed by atoms with E-state index in [9.17, 15) is 14.2 Å². The zero-order chi connectivity index (χ0) is 8.85. The fourth-order valence-corrected chi connectivity index (χ4v) is 1.03. The first-order valence-electron chi connectivity index (χ1n) is 2.96. The van der Waals surface area contributed by atoms with Crippen molar-refractivity contribution in [3.8, 4) is 0 Å². The van der Waals surface area contributed by atoms with Crippen LogP contribution >= 0.6 is 7.80 Å². The summed E-state index contributed by atoms with van der Waals surface area (Å²) in [5.74, 6) is -1.11. The van der Waals surface area contributed by atoms with Gasteiger partial charge in [0.15, 0.2) is 13.3 Å². The van der Waals surface area contributed by atoms with Gasteiger partial charge in [-0.1, -0.05) is 0 Å². The van der Waals surface area contributed by atoms with Gasteiger partial charge in [-0.3, -0.25) is 9.59 Å². The molecule has 64 valence electrons. The second-order valence-corrected chi connectivity index (χ2v) is 3.62. The lowest BCUT2D eigenvalue weighted by molar-refractivity contribution is -0.138. The van der Waals surface area contributed by atoms with Crippen molar-refractivity contribution in [3.05, 3.63) is 0 Å². The average Bonchev–Trinajstić information content (AvgIpc) is 1.98. The van der Waals surface area contributed by atoms with Crippen LogP contribution in [0.15, 0.2) is 0 Å². The summed E-state index contributed by atoms with van der Waals surface area (Å²) in [5.41, 5.74) is -0.653. The smallest absolute Gasteiger partial charge is 0.303 e. The largest absolute Gasteiger partial charge is 0.481 e. The summed E-state index contributed by atoms with van der Waals surface area (Å²) < 4.78 is 10.5. The Kier molecular flexibility index (Phi) is 4.74. The highest BCUT2D eigenvalue weighted by Crippen LogP contribution is 2.21. The van der Waals surface area contributed by atoms with Crippen molar-refractivity contribution in [1.29, 1.82) is 0 Å². The fraction of sp³-hybridized carbons (Fsp3) is 0.600. The highest BCUT2D eigenvalue weighted by atomic mass is 31.1. The number of carboxylic acids is 1. The molecule has 0 aromatic carbocycles. The van der Waals surface area contributed by atoms with Gasteiger partial charge in [0.2, 0.25) is 0 Å². The number of aliphatic carboxylic acids is 1. The maximum absolute atomic E-state index is 10.6. The van der Waals surface area contributed by atoms with Crippen molar-refractivity contribution in [2.45, 2.75) is 12.8 Å². The number of carboxylic acid groups (broad SMARTS) is 1. The van der Waals surface area contributed by atoms with Crippen LogP contribution in [-0.2, 0) is 14.2 Å². The van der Waals surface area contributed by atoms with Crippen molar-refractivity contribution in [2.24, 2.45) is 0 Å². The Morgan fingerprint density at radius 3 is 2.18 bits per heavy atom. The van der Waals surface area contributed by atoms with Crippen LogP contribution in [0.5, 0.6) is 0 Å². The molecule has 6 heteroatoms. The molecule has 0 radical (unpaired) electrons.